The predicted octanol–water partition coefficient (Wildman–Crippen LogP) is 8.60. The first kappa shape index (κ1) is 32.3. The number of hydrogen-bond donors (Lipinski definition) is 0. The fourth-order valence-corrected chi connectivity index (χ4v) is 11.6. The maximum atomic E-state index is 13.7. The Morgan fingerprint density at radius 2 is 1.20 bits per heavy atom. The van der Waals surface area contributed by atoms with Crippen LogP contribution in [0.2, 0.25) is 39.3 Å². The lowest BCUT2D eigenvalue weighted by Crippen LogP contribution is -2.29. The molecule has 0 heterocycles. The van der Waals surface area contributed by atoms with E-state index in [2.05, 4.69) is 39.3 Å². The van der Waals surface area contributed by atoms with E-state index in [1.165, 1.54) is 0 Å². The molecule has 0 aliphatic heterocycles. The first-order valence-corrected chi connectivity index (χ1v) is 23.7. The molecule has 0 amide bonds. The van der Waals surface area contributed by atoms with E-state index >= 15 is 0 Å². The molecule has 0 radical (unpaired) electrons. The van der Waals surface area contributed by atoms with Crippen LogP contribution in [-0.4, -0.2) is 48.5 Å². The van der Waals surface area contributed by atoms with Gasteiger partial charge in [0.15, 0.2) is 0 Å². The van der Waals surface area contributed by atoms with Crippen molar-refractivity contribution in [3.05, 3.63) is 72.8 Å². The lowest BCUT2D eigenvalue weighted by atomic mass is 10.3. The lowest BCUT2D eigenvalue weighted by molar-refractivity contribution is 0.385. The summed E-state index contributed by atoms with van der Waals surface area (Å²) in [6.07, 6.45) is 1.33. The molecule has 0 aliphatic rings. The summed E-state index contributed by atoms with van der Waals surface area (Å²) in [5, 5.41) is 0. The highest BCUT2D eigenvalue weighted by molar-refractivity contribution is 8.32. The highest BCUT2D eigenvalue weighted by Gasteiger charge is 2.43. The molecule has 0 unspecified atom stereocenters. The van der Waals surface area contributed by atoms with Crippen LogP contribution in [0.15, 0.2) is 87.5 Å². The summed E-state index contributed by atoms with van der Waals surface area (Å²) in [5.41, 5.74) is 1.03. The Morgan fingerprint density at radius 3 is 1.60 bits per heavy atom. The van der Waals surface area contributed by atoms with Gasteiger partial charge in [-0.3, -0.25) is 3.63 Å². The van der Waals surface area contributed by atoms with Gasteiger partial charge in [0, 0.05) is 19.8 Å². The minimum Gasteiger partial charge on any atom is -0.544 e. The standard InChI is InChI=1S/C30H45NO5S2Si2/c1-10-11-22-37(32,33)36-38(28-20-18-25(19-21-28)31(2)3,29-16-12-14-26(23-29)34-39(4,5)6)30-17-13-15-27(24-30)35-40(7,8)9/h12-21,23-24H,10-11,22H2,1-9H3/p+1. The number of unbranched alkanes of at least 4 members (excludes halogenated alkanes) is 1. The quantitative estimate of drug-likeness (QED) is 0.109. The summed E-state index contributed by atoms with van der Waals surface area (Å²) in [6.45, 7) is 14.8. The van der Waals surface area contributed by atoms with Crippen LogP contribution in [-0.2, 0) is 10.1 Å². The van der Waals surface area contributed by atoms with Crippen molar-refractivity contribution in [3.63, 3.8) is 0 Å². The highest BCUT2D eigenvalue weighted by atomic mass is 32.3. The molecule has 0 aromatic heterocycles. The zero-order chi connectivity index (χ0) is 29.8. The van der Waals surface area contributed by atoms with Crippen molar-refractivity contribution in [2.75, 3.05) is 24.7 Å². The second-order valence-corrected chi connectivity index (χ2v) is 25.7. The van der Waals surface area contributed by atoms with Gasteiger partial charge in [0.1, 0.15) is 17.3 Å². The van der Waals surface area contributed by atoms with E-state index in [0.717, 1.165) is 38.3 Å². The average Bonchev–Trinajstić information content (AvgIpc) is 2.84. The first-order chi connectivity index (χ1) is 18.5. The fourth-order valence-electron chi connectivity index (χ4n) is 4.16. The molecule has 0 saturated heterocycles. The van der Waals surface area contributed by atoms with Crippen molar-refractivity contribution >= 4 is 42.7 Å². The molecule has 3 aromatic carbocycles. The maximum absolute atomic E-state index is 13.7. The molecule has 6 nitrogen and oxygen atoms in total. The van der Waals surface area contributed by atoms with Crippen LogP contribution in [0.25, 0.3) is 0 Å². The Kier molecular flexibility index (Phi) is 10.3. The van der Waals surface area contributed by atoms with Crippen molar-refractivity contribution in [3.8, 4) is 11.5 Å². The third-order valence-corrected chi connectivity index (χ3v) is 12.9. The SMILES string of the molecule is CCCCS(=O)(=O)[OH+]S(c1ccc(N(C)C)cc1)(c1cccc(O[Si](C)(C)C)c1)c1cccc(O[Si](C)(C)C)c1. The largest absolute Gasteiger partial charge is 0.544 e. The van der Waals surface area contributed by atoms with Gasteiger partial charge in [-0.25, -0.2) is 0 Å². The molecule has 1 N–H and O–H groups in total. The van der Waals surface area contributed by atoms with Gasteiger partial charge in [-0.05, 0) is 106 Å². The second-order valence-electron chi connectivity index (χ2n) is 12.1. The summed E-state index contributed by atoms with van der Waals surface area (Å²) >= 11 is 0. The molecule has 3 rings (SSSR count). The van der Waals surface area contributed by atoms with Crippen molar-refractivity contribution in [2.24, 2.45) is 0 Å². The minimum absolute atomic E-state index is 0.00419. The first-order valence-electron chi connectivity index (χ1n) is 13.7. The smallest absolute Gasteiger partial charge is 0.390 e. The molecule has 0 saturated carbocycles. The van der Waals surface area contributed by atoms with E-state index in [1.807, 2.05) is 98.7 Å². The van der Waals surface area contributed by atoms with E-state index in [0.29, 0.717) is 6.42 Å². The van der Waals surface area contributed by atoms with Crippen LogP contribution >= 0.6 is 10.3 Å². The van der Waals surface area contributed by atoms with Gasteiger partial charge in [-0.1, -0.05) is 25.5 Å². The van der Waals surface area contributed by atoms with Gasteiger partial charge in [-0.15, -0.1) is 0 Å². The van der Waals surface area contributed by atoms with E-state index in [9.17, 15) is 8.42 Å². The zero-order valence-electron chi connectivity index (χ0n) is 25.4. The molecular weight excluding hydrogens is 575 g/mol. The normalized spacial score (nSPS) is 13.1. The Morgan fingerprint density at radius 1 is 0.725 bits per heavy atom. The van der Waals surface area contributed by atoms with Crippen molar-refractivity contribution in [1.29, 1.82) is 0 Å². The predicted molar refractivity (Wildman–Crippen MR) is 175 cm³/mol. The number of nitrogens with zero attached hydrogens (tertiary/aromatic N) is 1. The Balaban J connectivity index is 2.38. The van der Waals surface area contributed by atoms with E-state index in [4.69, 9.17) is 12.5 Å². The third-order valence-electron chi connectivity index (χ3n) is 5.82. The topological polar surface area (TPSA) is 68.6 Å². The molecular formula is C30H46NO5S2Si2+. The summed E-state index contributed by atoms with van der Waals surface area (Å²) in [4.78, 5) is 4.49. The van der Waals surface area contributed by atoms with Gasteiger partial charge in [0.2, 0.25) is 16.6 Å². The monoisotopic (exact) mass is 620 g/mol. The van der Waals surface area contributed by atoms with Crippen molar-refractivity contribution < 1.29 is 20.9 Å². The molecule has 0 atom stereocenters. The molecule has 0 spiro atoms. The van der Waals surface area contributed by atoms with Crippen molar-refractivity contribution in [2.45, 2.75) is 73.7 Å². The Labute approximate surface area is 245 Å². The van der Waals surface area contributed by atoms with Gasteiger partial charge in [0.25, 0.3) is 0 Å². The van der Waals surface area contributed by atoms with Crippen LogP contribution in [0.4, 0.5) is 5.69 Å². The fraction of sp³-hybridized carbons (Fsp3) is 0.400. The lowest BCUT2D eigenvalue weighted by Gasteiger charge is -2.36. The molecule has 0 fully saturated rings. The maximum Gasteiger partial charge on any atom is 0.390 e. The van der Waals surface area contributed by atoms with Gasteiger partial charge >= 0.3 is 10.1 Å². The van der Waals surface area contributed by atoms with Crippen LogP contribution < -0.4 is 13.8 Å². The van der Waals surface area contributed by atoms with E-state index < -0.39 is 37.1 Å². The molecule has 40 heavy (non-hydrogen) atoms. The van der Waals surface area contributed by atoms with Crippen LogP contribution in [0, 0.1) is 0 Å². The number of rotatable bonds is 13. The molecule has 10 heteroatoms. The summed E-state index contributed by atoms with van der Waals surface area (Å²) < 4.78 is 45.1. The highest BCUT2D eigenvalue weighted by Crippen LogP contribution is 2.69. The van der Waals surface area contributed by atoms with E-state index in [1.54, 1.807) is 0 Å². The van der Waals surface area contributed by atoms with Crippen molar-refractivity contribution in [1.82, 2.24) is 0 Å². The van der Waals surface area contributed by atoms with Crippen LogP contribution in [0.1, 0.15) is 19.8 Å². The third kappa shape index (κ3) is 8.63. The van der Waals surface area contributed by atoms with Gasteiger partial charge < -0.3 is 13.8 Å². The number of hydrogen-bond acceptors (Lipinski definition) is 5. The minimum atomic E-state index is -3.78. The molecule has 3 aromatic rings. The summed E-state index contributed by atoms with van der Waals surface area (Å²) in [5.74, 6) is 1.47. The van der Waals surface area contributed by atoms with Crippen LogP contribution in [0.3, 0.4) is 0 Å². The van der Waals surface area contributed by atoms with E-state index in [-0.39, 0.29) is 5.75 Å². The summed E-state index contributed by atoms with van der Waals surface area (Å²) in [7, 11) is -6.27. The average molecular weight is 621 g/mol. The summed E-state index contributed by atoms with van der Waals surface area (Å²) in [6, 6.07) is 23.8. The number of anilines is 1. The van der Waals surface area contributed by atoms with Crippen LogP contribution in [0.5, 0.6) is 11.5 Å². The van der Waals surface area contributed by atoms with Gasteiger partial charge in [0.05, 0.1) is 25.0 Å². The second kappa shape index (κ2) is 12.7. The Bertz CT molecular complexity index is 1320. The number of benzene rings is 3. The Hall–Kier alpha value is -2.25. The molecule has 0 bridgehead atoms. The molecule has 220 valence electrons. The zero-order valence-corrected chi connectivity index (χ0v) is 29.0. The molecule has 0 aliphatic carbocycles. The van der Waals surface area contributed by atoms with Gasteiger partial charge in [-0.2, -0.15) is 8.42 Å².